The highest BCUT2D eigenvalue weighted by Gasteiger charge is 2.09. The fraction of sp³-hybridized carbons (Fsp3) is 0.214. The summed E-state index contributed by atoms with van der Waals surface area (Å²) in [6.07, 6.45) is 0. The van der Waals surface area contributed by atoms with E-state index < -0.39 is 0 Å². The van der Waals surface area contributed by atoms with E-state index >= 15 is 0 Å². The summed E-state index contributed by atoms with van der Waals surface area (Å²) in [6, 6.07) is 7.59. The monoisotopic (exact) mass is 272 g/mol. The van der Waals surface area contributed by atoms with E-state index in [-0.39, 0.29) is 0 Å². The number of hydrogen-bond donors (Lipinski definition) is 1. The van der Waals surface area contributed by atoms with Gasteiger partial charge in [-0.05, 0) is 49.6 Å². The SMILES string of the molecule is Cc1ccc(C#N)cc1Nc1nnc(Cl)c(C)c1C. The van der Waals surface area contributed by atoms with Gasteiger partial charge in [-0.3, -0.25) is 0 Å². The number of halogens is 1. The lowest BCUT2D eigenvalue weighted by atomic mass is 10.1. The molecule has 5 heteroatoms. The number of aromatic nitrogens is 2. The Labute approximate surface area is 117 Å². The van der Waals surface area contributed by atoms with Crippen LogP contribution in [0.2, 0.25) is 5.15 Å². The van der Waals surface area contributed by atoms with Gasteiger partial charge >= 0.3 is 0 Å². The Bertz CT molecular complexity index is 674. The number of nitrogens with one attached hydrogen (secondary N) is 1. The molecule has 1 aromatic carbocycles. The van der Waals surface area contributed by atoms with Crippen molar-refractivity contribution in [1.29, 1.82) is 5.26 Å². The van der Waals surface area contributed by atoms with Gasteiger partial charge < -0.3 is 5.32 Å². The molecule has 0 radical (unpaired) electrons. The zero-order valence-corrected chi connectivity index (χ0v) is 11.7. The van der Waals surface area contributed by atoms with Crippen LogP contribution in [0.15, 0.2) is 18.2 Å². The van der Waals surface area contributed by atoms with Crippen LogP contribution in [-0.4, -0.2) is 10.2 Å². The van der Waals surface area contributed by atoms with Gasteiger partial charge in [-0.1, -0.05) is 17.7 Å². The minimum atomic E-state index is 0.408. The van der Waals surface area contributed by atoms with Gasteiger partial charge in [-0.2, -0.15) is 5.26 Å². The van der Waals surface area contributed by atoms with Crippen LogP contribution in [0.3, 0.4) is 0 Å². The molecular weight excluding hydrogens is 260 g/mol. The second-order valence-electron chi connectivity index (χ2n) is 4.36. The number of hydrogen-bond acceptors (Lipinski definition) is 4. The number of anilines is 2. The average molecular weight is 273 g/mol. The van der Waals surface area contributed by atoms with E-state index in [0.717, 1.165) is 22.4 Å². The molecule has 0 saturated carbocycles. The second-order valence-corrected chi connectivity index (χ2v) is 4.71. The van der Waals surface area contributed by atoms with Crippen molar-refractivity contribution < 1.29 is 0 Å². The predicted molar refractivity (Wildman–Crippen MR) is 75.7 cm³/mol. The molecule has 0 unspecified atom stereocenters. The molecule has 2 rings (SSSR count). The number of rotatable bonds is 2. The smallest absolute Gasteiger partial charge is 0.156 e. The predicted octanol–water partition coefficient (Wildman–Crippen LogP) is 3.67. The topological polar surface area (TPSA) is 61.6 Å². The van der Waals surface area contributed by atoms with Crippen LogP contribution in [-0.2, 0) is 0 Å². The lowest BCUT2D eigenvalue weighted by Gasteiger charge is -2.12. The molecule has 0 bridgehead atoms. The summed E-state index contributed by atoms with van der Waals surface area (Å²) >= 11 is 5.92. The Morgan fingerprint density at radius 1 is 1.16 bits per heavy atom. The Morgan fingerprint density at radius 3 is 2.58 bits per heavy atom. The van der Waals surface area contributed by atoms with Gasteiger partial charge in [-0.15, -0.1) is 10.2 Å². The minimum absolute atomic E-state index is 0.408. The average Bonchev–Trinajstić information content (AvgIpc) is 2.41. The van der Waals surface area contributed by atoms with Crippen LogP contribution >= 0.6 is 11.6 Å². The number of nitrogens with zero attached hydrogens (tertiary/aromatic N) is 3. The summed E-state index contributed by atoms with van der Waals surface area (Å²) in [7, 11) is 0. The normalized spacial score (nSPS) is 10.1. The Morgan fingerprint density at radius 2 is 1.89 bits per heavy atom. The van der Waals surface area contributed by atoms with Crippen LogP contribution < -0.4 is 5.32 Å². The maximum absolute atomic E-state index is 8.93. The Balaban J connectivity index is 2.42. The van der Waals surface area contributed by atoms with Gasteiger partial charge in [0.1, 0.15) is 0 Å². The quantitative estimate of drug-likeness (QED) is 0.906. The van der Waals surface area contributed by atoms with Crippen molar-refractivity contribution in [3.05, 3.63) is 45.6 Å². The molecule has 96 valence electrons. The molecule has 2 aromatic rings. The largest absolute Gasteiger partial charge is 0.338 e. The van der Waals surface area contributed by atoms with E-state index in [4.69, 9.17) is 16.9 Å². The van der Waals surface area contributed by atoms with Gasteiger partial charge in [0.2, 0.25) is 0 Å². The molecule has 0 aliphatic rings. The lowest BCUT2D eigenvalue weighted by Crippen LogP contribution is -2.02. The van der Waals surface area contributed by atoms with Crippen LogP contribution in [0.4, 0.5) is 11.5 Å². The zero-order chi connectivity index (χ0) is 14.0. The zero-order valence-electron chi connectivity index (χ0n) is 11.0. The summed E-state index contributed by atoms with van der Waals surface area (Å²) in [5.74, 6) is 0.653. The third-order valence-corrected chi connectivity index (χ3v) is 3.44. The van der Waals surface area contributed by atoms with Crippen molar-refractivity contribution in [3.8, 4) is 6.07 Å². The van der Waals surface area contributed by atoms with E-state index in [9.17, 15) is 0 Å². The molecule has 0 saturated heterocycles. The summed E-state index contributed by atoms with van der Waals surface area (Å²) in [6.45, 7) is 5.80. The lowest BCUT2D eigenvalue weighted by molar-refractivity contribution is 1.00. The first-order chi connectivity index (χ1) is 9.02. The van der Waals surface area contributed by atoms with E-state index in [1.807, 2.05) is 26.8 Å². The molecular formula is C14H13ClN4. The van der Waals surface area contributed by atoms with Crippen LogP contribution in [0, 0.1) is 32.1 Å². The fourth-order valence-corrected chi connectivity index (χ4v) is 1.83. The van der Waals surface area contributed by atoms with E-state index in [1.54, 1.807) is 12.1 Å². The Kier molecular flexibility index (Phi) is 3.68. The van der Waals surface area contributed by atoms with Crippen LogP contribution in [0.25, 0.3) is 0 Å². The molecule has 0 aliphatic heterocycles. The first-order valence-corrected chi connectivity index (χ1v) is 6.18. The summed E-state index contributed by atoms with van der Waals surface area (Å²) in [5.41, 5.74) is 4.32. The molecule has 0 amide bonds. The van der Waals surface area contributed by atoms with Crippen LogP contribution in [0.1, 0.15) is 22.3 Å². The fourth-order valence-electron chi connectivity index (χ4n) is 1.65. The number of aryl methyl sites for hydroxylation is 1. The van der Waals surface area contributed by atoms with Crippen LogP contribution in [0.5, 0.6) is 0 Å². The molecule has 1 aromatic heterocycles. The molecule has 0 atom stereocenters. The molecule has 0 spiro atoms. The standard InChI is InChI=1S/C14H13ClN4/c1-8-4-5-11(7-16)6-12(8)17-14-10(3)9(2)13(15)18-19-14/h4-6H,1-3H3,(H,17,19). The van der Waals surface area contributed by atoms with Gasteiger partial charge in [0.05, 0.1) is 11.6 Å². The third-order valence-electron chi connectivity index (χ3n) is 3.08. The van der Waals surface area contributed by atoms with Crippen molar-refractivity contribution in [2.24, 2.45) is 0 Å². The number of benzene rings is 1. The minimum Gasteiger partial charge on any atom is -0.338 e. The maximum atomic E-state index is 8.93. The number of nitriles is 1. The first-order valence-electron chi connectivity index (χ1n) is 5.80. The molecule has 4 nitrogen and oxygen atoms in total. The van der Waals surface area contributed by atoms with E-state index in [1.165, 1.54) is 0 Å². The highest BCUT2D eigenvalue weighted by molar-refractivity contribution is 6.30. The maximum Gasteiger partial charge on any atom is 0.156 e. The highest BCUT2D eigenvalue weighted by Crippen LogP contribution is 2.25. The Hall–Kier alpha value is -2.12. The molecule has 0 aliphatic carbocycles. The van der Waals surface area contributed by atoms with E-state index in [0.29, 0.717) is 16.5 Å². The third kappa shape index (κ3) is 2.67. The van der Waals surface area contributed by atoms with Crippen molar-refractivity contribution in [1.82, 2.24) is 10.2 Å². The van der Waals surface area contributed by atoms with Crippen molar-refractivity contribution in [3.63, 3.8) is 0 Å². The summed E-state index contributed by atoms with van der Waals surface area (Å²) in [5, 5.41) is 20.5. The van der Waals surface area contributed by atoms with E-state index in [2.05, 4.69) is 21.6 Å². The first kappa shape index (κ1) is 13.3. The summed E-state index contributed by atoms with van der Waals surface area (Å²) in [4.78, 5) is 0. The van der Waals surface area contributed by atoms with Crippen molar-refractivity contribution >= 4 is 23.1 Å². The molecule has 1 heterocycles. The van der Waals surface area contributed by atoms with Gasteiger partial charge in [0.25, 0.3) is 0 Å². The van der Waals surface area contributed by atoms with Crippen molar-refractivity contribution in [2.45, 2.75) is 20.8 Å². The molecule has 1 N–H and O–H groups in total. The van der Waals surface area contributed by atoms with Gasteiger partial charge in [-0.25, -0.2) is 0 Å². The summed E-state index contributed by atoms with van der Waals surface area (Å²) < 4.78 is 0. The molecule has 19 heavy (non-hydrogen) atoms. The van der Waals surface area contributed by atoms with Gasteiger partial charge in [0.15, 0.2) is 11.0 Å². The highest BCUT2D eigenvalue weighted by atomic mass is 35.5. The molecule has 0 fully saturated rings. The van der Waals surface area contributed by atoms with Gasteiger partial charge in [0, 0.05) is 5.69 Å². The van der Waals surface area contributed by atoms with Crippen molar-refractivity contribution in [2.75, 3.05) is 5.32 Å². The second kappa shape index (κ2) is 5.25.